The fourth-order valence-electron chi connectivity index (χ4n) is 1.61. The van der Waals surface area contributed by atoms with Gasteiger partial charge in [-0.15, -0.1) is 0 Å². The summed E-state index contributed by atoms with van der Waals surface area (Å²) in [7, 11) is 0. The predicted molar refractivity (Wildman–Crippen MR) is 78.7 cm³/mol. The van der Waals surface area contributed by atoms with Gasteiger partial charge >= 0.3 is 0 Å². The van der Waals surface area contributed by atoms with Crippen LogP contribution < -0.4 is 5.56 Å². The molecule has 0 atom stereocenters. The second-order valence-corrected chi connectivity index (χ2v) is 4.08. The number of oxazole rings is 1. The van der Waals surface area contributed by atoms with Gasteiger partial charge < -0.3 is 9.40 Å². The van der Waals surface area contributed by atoms with Crippen molar-refractivity contribution in [1.82, 2.24) is 9.97 Å². The van der Waals surface area contributed by atoms with E-state index >= 15 is 0 Å². The molecule has 0 unspecified atom stereocenters. The maximum atomic E-state index is 11.4. The number of H-pyrrole nitrogens is 1. The average Bonchev–Trinajstić information content (AvgIpc) is 2.87. The molecule has 0 spiro atoms. The molecule has 0 bridgehead atoms. The molecule has 2 rings (SSSR count). The van der Waals surface area contributed by atoms with Crippen molar-refractivity contribution in [1.29, 1.82) is 0 Å². The number of aromatic nitrogens is 2. The summed E-state index contributed by atoms with van der Waals surface area (Å²) in [4.78, 5) is 22.3. The Bertz CT molecular complexity index is 708. The number of aromatic amines is 1. The van der Waals surface area contributed by atoms with Crippen LogP contribution in [0.1, 0.15) is 17.2 Å². The van der Waals surface area contributed by atoms with Crippen molar-refractivity contribution in [2.75, 3.05) is 0 Å². The molecule has 0 aliphatic heterocycles. The highest BCUT2D eigenvalue weighted by molar-refractivity contribution is 5.86. The van der Waals surface area contributed by atoms with E-state index < -0.39 is 0 Å². The third-order valence-electron chi connectivity index (χ3n) is 2.65. The zero-order chi connectivity index (χ0) is 14.4. The molecule has 5 nitrogen and oxygen atoms in total. The Hall–Kier alpha value is -2.69. The lowest BCUT2D eigenvalue weighted by Gasteiger charge is -1.94. The number of aryl methyl sites for hydroxylation is 1. The predicted octanol–water partition coefficient (Wildman–Crippen LogP) is 2.51. The highest BCUT2D eigenvalue weighted by atomic mass is 16.4. The van der Waals surface area contributed by atoms with Crippen LogP contribution in [0.3, 0.4) is 0 Å². The molecule has 2 heterocycles. The number of nitrogens with one attached hydrogen (secondary N) is 1. The summed E-state index contributed by atoms with van der Waals surface area (Å²) < 4.78 is 5.40. The largest absolute Gasteiger partial charge is 0.441 e. The van der Waals surface area contributed by atoms with E-state index in [0.717, 1.165) is 5.57 Å². The van der Waals surface area contributed by atoms with Gasteiger partial charge in [-0.3, -0.25) is 9.79 Å². The molecule has 0 saturated carbocycles. The summed E-state index contributed by atoms with van der Waals surface area (Å²) in [6.45, 7) is 5.83. The Morgan fingerprint density at radius 1 is 1.60 bits per heavy atom. The maximum absolute atomic E-state index is 11.4. The first-order valence-corrected chi connectivity index (χ1v) is 6.12. The molecular weight excluding hydrogens is 254 g/mol. The highest BCUT2D eigenvalue weighted by Gasteiger charge is 2.02. The van der Waals surface area contributed by atoms with Gasteiger partial charge in [0.2, 0.25) is 0 Å². The molecule has 0 aliphatic rings. The molecular formula is C15H15N3O2. The van der Waals surface area contributed by atoms with Crippen LogP contribution >= 0.6 is 0 Å². The number of rotatable bonds is 5. The minimum Gasteiger partial charge on any atom is -0.441 e. The van der Waals surface area contributed by atoms with Gasteiger partial charge in [-0.25, -0.2) is 4.98 Å². The number of nitrogens with zero attached hydrogens (tertiary/aromatic N) is 2. The molecule has 0 aliphatic carbocycles. The average molecular weight is 269 g/mol. The minimum absolute atomic E-state index is 0.122. The molecule has 0 aromatic carbocycles. The molecule has 2 aromatic heterocycles. The summed E-state index contributed by atoms with van der Waals surface area (Å²) >= 11 is 0. The first-order valence-electron chi connectivity index (χ1n) is 6.12. The van der Waals surface area contributed by atoms with Gasteiger partial charge in [0.25, 0.3) is 5.56 Å². The van der Waals surface area contributed by atoms with Crippen LogP contribution in [0.2, 0.25) is 0 Å². The summed E-state index contributed by atoms with van der Waals surface area (Å²) in [5.74, 6) is 1.24. The molecule has 0 fully saturated rings. The van der Waals surface area contributed by atoms with Crippen LogP contribution in [0.4, 0.5) is 0 Å². The highest BCUT2D eigenvalue weighted by Crippen LogP contribution is 2.15. The van der Waals surface area contributed by atoms with Crippen LogP contribution in [-0.4, -0.2) is 16.2 Å². The molecule has 20 heavy (non-hydrogen) atoms. The lowest BCUT2D eigenvalue weighted by molar-refractivity contribution is 0.511. The lowest BCUT2D eigenvalue weighted by atomic mass is 10.2. The van der Waals surface area contributed by atoms with E-state index in [1.807, 2.05) is 0 Å². The quantitative estimate of drug-likeness (QED) is 0.669. The second kappa shape index (κ2) is 6.47. The van der Waals surface area contributed by atoms with E-state index in [4.69, 9.17) is 4.42 Å². The van der Waals surface area contributed by atoms with Crippen molar-refractivity contribution < 1.29 is 4.42 Å². The molecule has 2 aromatic rings. The van der Waals surface area contributed by atoms with Gasteiger partial charge in [0.1, 0.15) is 0 Å². The van der Waals surface area contributed by atoms with E-state index in [1.54, 1.807) is 49.8 Å². The van der Waals surface area contributed by atoms with Crippen molar-refractivity contribution in [2.24, 2.45) is 4.99 Å². The SMILES string of the molecule is C=C/C(=C\C=NCc1ccc[nH]c1=O)c1cnc(C)o1. The second-order valence-electron chi connectivity index (χ2n) is 4.08. The Labute approximate surface area is 116 Å². The number of hydrogen-bond donors (Lipinski definition) is 1. The Kier molecular flexibility index (Phi) is 4.44. The molecule has 0 radical (unpaired) electrons. The van der Waals surface area contributed by atoms with Crippen molar-refractivity contribution >= 4 is 11.8 Å². The Morgan fingerprint density at radius 3 is 3.10 bits per heavy atom. The summed E-state index contributed by atoms with van der Waals surface area (Å²) in [5.41, 5.74) is 1.28. The standard InChI is InChI=1S/C15H15N3O2/c1-3-12(14-10-18-11(2)20-14)6-8-16-9-13-5-4-7-17-15(13)19/h3-8,10H,1,9H2,2H3,(H,17,19)/b12-6+,16-8?. The fraction of sp³-hybridized carbons (Fsp3) is 0.133. The minimum atomic E-state index is -0.122. The van der Waals surface area contributed by atoms with Crippen molar-refractivity contribution in [2.45, 2.75) is 13.5 Å². The molecule has 0 saturated heterocycles. The maximum Gasteiger partial charge on any atom is 0.253 e. The van der Waals surface area contributed by atoms with Crippen LogP contribution in [0.5, 0.6) is 0 Å². The molecule has 1 N–H and O–H groups in total. The molecule has 102 valence electrons. The topological polar surface area (TPSA) is 71.2 Å². The van der Waals surface area contributed by atoms with Gasteiger partial charge in [0, 0.05) is 30.5 Å². The normalized spacial score (nSPS) is 11.9. The first kappa shape index (κ1) is 13.7. The monoisotopic (exact) mass is 269 g/mol. The smallest absolute Gasteiger partial charge is 0.253 e. The zero-order valence-electron chi connectivity index (χ0n) is 11.2. The van der Waals surface area contributed by atoms with Gasteiger partial charge in [-0.2, -0.15) is 0 Å². The van der Waals surface area contributed by atoms with Crippen LogP contribution in [0.25, 0.3) is 5.57 Å². The van der Waals surface area contributed by atoms with E-state index in [1.165, 1.54) is 0 Å². The van der Waals surface area contributed by atoms with Crippen molar-refractivity contribution in [3.05, 3.63) is 70.8 Å². The molecule has 5 heteroatoms. The summed E-state index contributed by atoms with van der Waals surface area (Å²) in [6, 6.07) is 3.52. The lowest BCUT2D eigenvalue weighted by Crippen LogP contribution is -2.09. The molecule has 0 amide bonds. The number of pyridine rings is 1. The number of allylic oxidation sites excluding steroid dienone is 3. The van der Waals surface area contributed by atoms with Gasteiger partial charge in [-0.1, -0.05) is 18.7 Å². The van der Waals surface area contributed by atoms with Crippen LogP contribution in [0, 0.1) is 6.92 Å². The fourth-order valence-corrected chi connectivity index (χ4v) is 1.61. The van der Waals surface area contributed by atoms with E-state index in [-0.39, 0.29) is 5.56 Å². The van der Waals surface area contributed by atoms with E-state index in [9.17, 15) is 4.79 Å². The third kappa shape index (κ3) is 3.41. The van der Waals surface area contributed by atoms with Crippen molar-refractivity contribution in [3.63, 3.8) is 0 Å². The Balaban J connectivity index is 2.07. The Morgan fingerprint density at radius 2 is 2.45 bits per heavy atom. The third-order valence-corrected chi connectivity index (χ3v) is 2.65. The first-order chi connectivity index (χ1) is 9.70. The van der Waals surface area contributed by atoms with Gasteiger partial charge in [0.05, 0.1) is 12.7 Å². The van der Waals surface area contributed by atoms with Gasteiger partial charge in [-0.05, 0) is 12.1 Å². The van der Waals surface area contributed by atoms with Gasteiger partial charge in [0.15, 0.2) is 11.7 Å². The zero-order valence-corrected chi connectivity index (χ0v) is 11.2. The van der Waals surface area contributed by atoms with Crippen molar-refractivity contribution in [3.8, 4) is 0 Å². The number of aliphatic imine (C=N–C) groups is 1. The summed E-state index contributed by atoms with van der Waals surface area (Å²) in [6.07, 6.45) is 8.29. The number of hydrogen-bond acceptors (Lipinski definition) is 4. The van der Waals surface area contributed by atoms with Crippen LogP contribution in [-0.2, 0) is 6.54 Å². The van der Waals surface area contributed by atoms with E-state index in [2.05, 4.69) is 21.5 Å². The summed E-state index contributed by atoms with van der Waals surface area (Å²) in [5, 5.41) is 0. The van der Waals surface area contributed by atoms with E-state index in [0.29, 0.717) is 23.8 Å². The van der Waals surface area contributed by atoms with Crippen LogP contribution in [0.15, 0.2) is 57.5 Å².